The number of hydrogen-bond donors (Lipinski definition) is 1. The van der Waals surface area contributed by atoms with E-state index in [9.17, 15) is 25.2 Å². The Balaban J connectivity index is 0.000000265. The van der Waals surface area contributed by atoms with E-state index >= 15 is 0 Å². The zero-order valence-electron chi connectivity index (χ0n) is 6.97. The van der Waals surface area contributed by atoms with Gasteiger partial charge in [-0.3, -0.25) is 0 Å². The van der Waals surface area contributed by atoms with E-state index in [2.05, 4.69) is 12.6 Å². The summed E-state index contributed by atoms with van der Waals surface area (Å²) >= 11 is 3.28. The molecule has 0 saturated heterocycles. The summed E-state index contributed by atoms with van der Waals surface area (Å²) in [6.45, 7) is 0. The normalized spacial score (nSPS) is 15.7. The maximum absolute atomic E-state index is 10.7. The van der Waals surface area contributed by atoms with Crippen LogP contribution in [0.3, 0.4) is 0 Å². The Bertz CT molecular complexity index is 297. The molecule has 0 aliphatic rings. The van der Waals surface area contributed by atoms with Crippen LogP contribution in [0.2, 0.25) is 0 Å². The van der Waals surface area contributed by atoms with Crippen molar-refractivity contribution in [3.05, 3.63) is 24.3 Å². The van der Waals surface area contributed by atoms with E-state index in [1.165, 1.54) is 0 Å². The Labute approximate surface area is 86.4 Å². The van der Waals surface area contributed by atoms with Gasteiger partial charge in [0, 0.05) is 0 Å². The van der Waals surface area contributed by atoms with Crippen molar-refractivity contribution in [2.75, 3.05) is 0 Å². The van der Waals surface area contributed by atoms with Crippen molar-refractivity contribution < 1.29 is 30.3 Å². The Morgan fingerprint density at radius 2 is 1.13 bits per heavy atom. The molecule has 15 heavy (non-hydrogen) atoms. The molecular formula is C6H7F6OPS. The average Bonchev–Trinajstić information content (AvgIpc) is 1.88. The molecule has 0 atom stereocenters. The molecule has 90 valence electrons. The molecule has 0 aromatic heterocycles. The number of halogens is 6. The summed E-state index contributed by atoms with van der Waals surface area (Å²) in [6, 6.07) is 6.82. The Hall–Kier alpha value is -0.620. The molecule has 0 fully saturated rings. The molecule has 1 nitrogen and oxygen atoms in total. The third-order valence-electron chi connectivity index (χ3n) is 0.867. The smallest absolute Gasteiger partial charge is 0.150 e. The molecule has 1 aromatic rings. The summed E-state index contributed by atoms with van der Waals surface area (Å²) in [6.07, 6.45) is 0. The molecule has 1 N–H and O–H groups in total. The van der Waals surface area contributed by atoms with Crippen molar-refractivity contribution in [3.63, 3.8) is 0 Å². The molecule has 9 heteroatoms. The number of aromatic hydroxyl groups is 1. The van der Waals surface area contributed by atoms with E-state index in [4.69, 9.17) is 5.11 Å². The maximum atomic E-state index is 9.87. The summed E-state index contributed by atoms with van der Waals surface area (Å²) < 4.78 is 59.2. The minimum Gasteiger partial charge on any atom is -0.508 e. The van der Waals surface area contributed by atoms with Crippen molar-refractivity contribution in [1.29, 1.82) is 0 Å². The van der Waals surface area contributed by atoms with Gasteiger partial charge in [0.15, 0.2) is 4.90 Å². The molecule has 0 bridgehead atoms. The molecule has 0 heterocycles. The van der Waals surface area contributed by atoms with Crippen LogP contribution in [-0.4, -0.2) is 5.11 Å². The first kappa shape index (κ1) is 14.4. The largest absolute Gasteiger partial charge is 0.508 e. The fourth-order valence-electron chi connectivity index (χ4n) is 0.461. The number of rotatable bonds is 0. The van der Waals surface area contributed by atoms with Gasteiger partial charge >= 0.3 is 33.0 Å². The zero-order valence-corrected chi connectivity index (χ0v) is 8.87. The van der Waals surface area contributed by atoms with Crippen LogP contribution < -0.4 is 0 Å². The molecule has 0 radical (unpaired) electrons. The molecule has 0 saturated carbocycles. The first-order chi connectivity index (χ1) is 6.24. The van der Waals surface area contributed by atoms with Gasteiger partial charge in [0.1, 0.15) is 5.75 Å². The molecule has 0 aliphatic heterocycles. The van der Waals surface area contributed by atoms with Gasteiger partial charge in [-0.15, -0.1) is 0 Å². The predicted molar refractivity (Wildman–Crippen MR) is 50.1 cm³/mol. The van der Waals surface area contributed by atoms with Crippen molar-refractivity contribution >= 4 is 20.4 Å². The van der Waals surface area contributed by atoms with Gasteiger partial charge in [-0.2, -0.15) is 0 Å². The van der Waals surface area contributed by atoms with E-state index in [-0.39, 0.29) is 0 Å². The van der Waals surface area contributed by atoms with Crippen molar-refractivity contribution in [1.82, 2.24) is 0 Å². The number of hydrogen-bond acceptors (Lipinski definition) is 1. The average molecular weight is 272 g/mol. The maximum Gasteiger partial charge on any atom is 0.150 e. The zero-order chi connectivity index (χ0) is 12.4. The number of phenols is 1. The summed E-state index contributed by atoms with van der Waals surface area (Å²) in [5.74, 6) is 0.298. The summed E-state index contributed by atoms with van der Waals surface area (Å²) in [5.41, 5.74) is 0. The number of benzene rings is 1. The van der Waals surface area contributed by atoms with Gasteiger partial charge < -0.3 is 5.11 Å². The van der Waals surface area contributed by atoms with Crippen molar-refractivity contribution in [2.45, 2.75) is 4.90 Å². The molecule has 0 unspecified atom stereocenters. The summed E-state index contributed by atoms with van der Waals surface area (Å²) in [4.78, 5) is 0.975. The van der Waals surface area contributed by atoms with E-state index in [0.717, 1.165) is 4.90 Å². The van der Waals surface area contributed by atoms with Crippen LogP contribution >= 0.6 is 7.81 Å². The van der Waals surface area contributed by atoms with Crippen LogP contribution in [0.25, 0.3) is 0 Å². The Morgan fingerprint density at radius 3 is 1.33 bits per heavy atom. The standard InChI is InChI=1S/C6H6OS.F6P/c7-5-1-3-6(8)4-2-5;1-7(2,3,4,5)6/h1-4,7-8H;/q;-1/p+1. The molecule has 0 aliphatic carbocycles. The molecule has 1 aromatic carbocycles. The van der Waals surface area contributed by atoms with Crippen LogP contribution in [0.15, 0.2) is 29.2 Å². The SMILES string of the molecule is F[P-](F)(F)(F)(F)F.Oc1ccc([SH2+])cc1. The second-order valence-electron chi connectivity index (χ2n) is 2.51. The van der Waals surface area contributed by atoms with Crippen LogP contribution in [0.5, 0.6) is 5.75 Å². The third-order valence-corrected chi connectivity index (χ3v) is 1.20. The van der Waals surface area contributed by atoms with E-state index in [0.29, 0.717) is 5.75 Å². The van der Waals surface area contributed by atoms with Gasteiger partial charge in [0.05, 0.1) is 0 Å². The second-order valence-corrected chi connectivity index (χ2v) is 5.00. The molecule has 0 amide bonds. The predicted octanol–water partition coefficient (Wildman–Crippen LogP) is 4.15. The minimum absolute atomic E-state index is 0.298. The van der Waals surface area contributed by atoms with Gasteiger partial charge in [0.25, 0.3) is 0 Å². The van der Waals surface area contributed by atoms with Gasteiger partial charge in [-0.25, -0.2) is 0 Å². The van der Waals surface area contributed by atoms with Crippen molar-refractivity contribution in [2.24, 2.45) is 0 Å². The summed E-state index contributed by atoms with van der Waals surface area (Å²) in [7, 11) is -10.7. The minimum atomic E-state index is -10.7. The second kappa shape index (κ2) is 3.45. The fraction of sp³-hybridized carbons (Fsp3) is 0. The van der Waals surface area contributed by atoms with E-state index in [1.54, 1.807) is 24.3 Å². The Kier molecular flexibility index (Phi) is 3.31. The van der Waals surface area contributed by atoms with Crippen molar-refractivity contribution in [3.8, 4) is 5.75 Å². The van der Waals surface area contributed by atoms with Gasteiger partial charge in [0.2, 0.25) is 0 Å². The third kappa shape index (κ3) is 19.7. The van der Waals surface area contributed by atoms with Gasteiger partial charge in [-0.1, -0.05) is 0 Å². The molecular weight excluding hydrogens is 265 g/mol. The quantitative estimate of drug-likeness (QED) is 0.427. The number of phenolic OH excluding ortho intramolecular Hbond substituents is 1. The van der Waals surface area contributed by atoms with Crippen LogP contribution in [0.4, 0.5) is 25.2 Å². The first-order valence-corrected chi connectivity index (χ1v) is 5.84. The molecule has 0 spiro atoms. The van der Waals surface area contributed by atoms with E-state index in [1.807, 2.05) is 0 Å². The van der Waals surface area contributed by atoms with Crippen LogP contribution in [-0.2, 0) is 12.6 Å². The van der Waals surface area contributed by atoms with Gasteiger partial charge in [-0.05, 0) is 36.9 Å². The molecule has 1 rings (SSSR count). The van der Waals surface area contributed by atoms with Crippen LogP contribution in [0.1, 0.15) is 0 Å². The summed E-state index contributed by atoms with van der Waals surface area (Å²) in [5, 5.41) is 8.74. The Morgan fingerprint density at radius 1 is 0.867 bits per heavy atom. The van der Waals surface area contributed by atoms with Crippen LogP contribution in [0, 0.1) is 0 Å². The first-order valence-electron chi connectivity index (χ1n) is 3.31. The monoisotopic (exact) mass is 272 g/mol. The van der Waals surface area contributed by atoms with E-state index < -0.39 is 7.81 Å². The topological polar surface area (TPSA) is 20.2 Å². The fourth-order valence-corrected chi connectivity index (χ4v) is 0.628.